The number of rotatable bonds is 4. The molecule has 0 fully saturated rings. The van der Waals surface area contributed by atoms with Gasteiger partial charge in [0.05, 0.1) is 13.7 Å². The van der Waals surface area contributed by atoms with Crippen molar-refractivity contribution in [3.05, 3.63) is 30.3 Å². The molecule has 2 aromatic rings. The van der Waals surface area contributed by atoms with Crippen molar-refractivity contribution in [3.8, 4) is 17.2 Å². The first-order valence-corrected chi connectivity index (χ1v) is 5.69. The maximum atomic E-state index is 10.0. The second-order valence-electron chi connectivity index (χ2n) is 3.82. The zero-order chi connectivity index (χ0) is 12.3. The first-order chi connectivity index (χ1) is 8.27. The van der Waals surface area contributed by atoms with E-state index in [4.69, 9.17) is 9.47 Å². The molecule has 0 aliphatic rings. The first kappa shape index (κ1) is 11.6. The molecule has 0 aromatic heterocycles. The van der Waals surface area contributed by atoms with E-state index in [1.54, 1.807) is 6.07 Å². The van der Waals surface area contributed by atoms with Gasteiger partial charge in [0, 0.05) is 16.8 Å². The van der Waals surface area contributed by atoms with Crippen LogP contribution >= 0.6 is 0 Å². The number of hydrogen-bond acceptors (Lipinski definition) is 3. The Balaban J connectivity index is 2.60. The lowest BCUT2D eigenvalue weighted by molar-refractivity contribution is 0.316. The average molecular weight is 232 g/mol. The molecule has 0 saturated carbocycles. The van der Waals surface area contributed by atoms with E-state index < -0.39 is 0 Å². The Bertz CT molecular complexity index is 520. The molecule has 0 aliphatic heterocycles. The molecule has 90 valence electrons. The third kappa shape index (κ3) is 2.13. The van der Waals surface area contributed by atoms with Crippen LogP contribution in [-0.4, -0.2) is 18.8 Å². The maximum absolute atomic E-state index is 10.0. The second-order valence-corrected chi connectivity index (χ2v) is 3.82. The third-order valence-corrected chi connectivity index (χ3v) is 2.62. The predicted molar refractivity (Wildman–Crippen MR) is 68.0 cm³/mol. The Morgan fingerprint density at radius 3 is 2.47 bits per heavy atom. The minimum absolute atomic E-state index is 0.159. The number of phenols is 1. The quantitative estimate of drug-likeness (QED) is 0.878. The third-order valence-electron chi connectivity index (χ3n) is 2.62. The highest BCUT2D eigenvalue weighted by atomic mass is 16.5. The van der Waals surface area contributed by atoms with Crippen LogP contribution in [0.2, 0.25) is 0 Å². The summed E-state index contributed by atoms with van der Waals surface area (Å²) in [6, 6.07) is 9.32. The molecule has 1 N–H and O–H groups in total. The van der Waals surface area contributed by atoms with Gasteiger partial charge in [0.15, 0.2) is 11.5 Å². The lowest BCUT2D eigenvalue weighted by atomic mass is 10.1. The summed E-state index contributed by atoms with van der Waals surface area (Å²) >= 11 is 0. The zero-order valence-corrected chi connectivity index (χ0v) is 10.1. The van der Waals surface area contributed by atoms with Crippen LogP contribution in [0.1, 0.15) is 13.3 Å². The van der Waals surface area contributed by atoms with Gasteiger partial charge in [0.2, 0.25) is 0 Å². The molecule has 0 amide bonds. The zero-order valence-electron chi connectivity index (χ0n) is 10.1. The number of ether oxygens (including phenoxy) is 2. The summed E-state index contributed by atoms with van der Waals surface area (Å²) in [5.41, 5.74) is 0. The van der Waals surface area contributed by atoms with Gasteiger partial charge in [-0.25, -0.2) is 0 Å². The van der Waals surface area contributed by atoms with Crippen LogP contribution in [0.4, 0.5) is 0 Å². The Labute approximate surface area is 101 Å². The normalized spacial score (nSPS) is 10.5. The molecule has 2 aromatic carbocycles. The summed E-state index contributed by atoms with van der Waals surface area (Å²) in [7, 11) is 1.54. The highest BCUT2D eigenvalue weighted by Crippen LogP contribution is 2.40. The monoisotopic (exact) mass is 232 g/mol. The van der Waals surface area contributed by atoms with Gasteiger partial charge >= 0.3 is 0 Å². The lowest BCUT2D eigenvalue weighted by Gasteiger charge is -2.12. The van der Waals surface area contributed by atoms with E-state index in [0.29, 0.717) is 12.4 Å². The molecule has 17 heavy (non-hydrogen) atoms. The van der Waals surface area contributed by atoms with Crippen molar-refractivity contribution in [3.63, 3.8) is 0 Å². The molecule has 0 bridgehead atoms. The van der Waals surface area contributed by atoms with Crippen molar-refractivity contribution in [1.29, 1.82) is 0 Å². The number of benzene rings is 2. The van der Waals surface area contributed by atoms with Crippen molar-refractivity contribution >= 4 is 10.8 Å². The molecule has 2 rings (SSSR count). The van der Waals surface area contributed by atoms with E-state index in [0.717, 1.165) is 22.9 Å². The van der Waals surface area contributed by atoms with Gasteiger partial charge in [-0.15, -0.1) is 0 Å². The molecule has 0 aliphatic carbocycles. The fourth-order valence-corrected chi connectivity index (χ4v) is 1.79. The van der Waals surface area contributed by atoms with E-state index in [1.807, 2.05) is 24.3 Å². The van der Waals surface area contributed by atoms with E-state index in [2.05, 4.69) is 6.92 Å². The summed E-state index contributed by atoms with van der Waals surface area (Å²) in [5, 5.41) is 11.7. The van der Waals surface area contributed by atoms with Gasteiger partial charge < -0.3 is 14.6 Å². The molecular formula is C14H16O3. The smallest absolute Gasteiger partial charge is 0.165 e. The number of methoxy groups -OCH3 is 1. The largest absolute Gasteiger partial charge is 0.504 e. The highest BCUT2D eigenvalue weighted by Gasteiger charge is 2.12. The molecule has 3 heteroatoms. The molecule has 0 unspecified atom stereocenters. The van der Waals surface area contributed by atoms with Crippen LogP contribution in [0.3, 0.4) is 0 Å². The van der Waals surface area contributed by atoms with Gasteiger partial charge in [-0.2, -0.15) is 0 Å². The van der Waals surface area contributed by atoms with Gasteiger partial charge in [-0.1, -0.05) is 31.2 Å². The summed E-state index contributed by atoms with van der Waals surface area (Å²) in [4.78, 5) is 0. The Morgan fingerprint density at radius 1 is 1.12 bits per heavy atom. The number of hydrogen-bond donors (Lipinski definition) is 1. The van der Waals surface area contributed by atoms with E-state index in [-0.39, 0.29) is 5.75 Å². The predicted octanol–water partition coefficient (Wildman–Crippen LogP) is 3.34. The fraction of sp³-hybridized carbons (Fsp3) is 0.286. The van der Waals surface area contributed by atoms with Crippen molar-refractivity contribution in [2.45, 2.75) is 13.3 Å². The first-order valence-electron chi connectivity index (χ1n) is 5.69. The van der Waals surface area contributed by atoms with Crippen molar-refractivity contribution in [2.24, 2.45) is 0 Å². The van der Waals surface area contributed by atoms with Gasteiger partial charge in [-0.05, 0) is 6.42 Å². The van der Waals surface area contributed by atoms with Crippen LogP contribution < -0.4 is 9.47 Å². The lowest BCUT2D eigenvalue weighted by Crippen LogP contribution is -1.97. The number of phenolic OH excluding ortho intramolecular Hbond substituents is 1. The van der Waals surface area contributed by atoms with Gasteiger partial charge in [0.1, 0.15) is 5.75 Å². The van der Waals surface area contributed by atoms with Crippen molar-refractivity contribution in [1.82, 2.24) is 0 Å². The average Bonchev–Trinajstić information content (AvgIpc) is 2.38. The van der Waals surface area contributed by atoms with Gasteiger partial charge in [-0.3, -0.25) is 0 Å². The summed E-state index contributed by atoms with van der Waals surface area (Å²) in [6.45, 7) is 2.71. The fourth-order valence-electron chi connectivity index (χ4n) is 1.79. The van der Waals surface area contributed by atoms with Crippen LogP contribution in [-0.2, 0) is 0 Å². The molecule has 0 spiro atoms. The minimum Gasteiger partial charge on any atom is -0.504 e. The van der Waals surface area contributed by atoms with Crippen molar-refractivity contribution < 1.29 is 14.6 Å². The molecule has 0 saturated heterocycles. The minimum atomic E-state index is 0.159. The second kappa shape index (κ2) is 4.95. The maximum Gasteiger partial charge on any atom is 0.165 e. The van der Waals surface area contributed by atoms with Crippen LogP contribution in [0.5, 0.6) is 17.2 Å². The number of fused-ring (bicyclic) bond motifs is 1. The Morgan fingerprint density at radius 2 is 1.82 bits per heavy atom. The Hall–Kier alpha value is -1.90. The number of aromatic hydroxyl groups is 1. The Kier molecular flexibility index (Phi) is 3.38. The van der Waals surface area contributed by atoms with E-state index >= 15 is 0 Å². The molecule has 0 radical (unpaired) electrons. The van der Waals surface area contributed by atoms with E-state index in [1.165, 1.54) is 7.11 Å². The van der Waals surface area contributed by atoms with Crippen molar-refractivity contribution in [2.75, 3.05) is 13.7 Å². The summed E-state index contributed by atoms with van der Waals surface area (Å²) < 4.78 is 10.8. The SMILES string of the molecule is CCCOc1cc(OC)c(O)c2ccccc12. The van der Waals surface area contributed by atoms with Crippen LogP contribution in [0.15, 0.2) is 30.3 Å². The van der Waals surface area contributed by atoms with Crippen LogP contribution in [0, 0.1) is 0 Å². The summed E-state index contributed by atoms with van der Waals surface area (Å²) in [6.07, 6.45) is 0.942. The van der Waals surface area contributed by atoms with Crippen LogP contribution in [0.25, 0.3) is 10.8 Å². The van der Waals surface area contributed by atoms with E-state index in [9.17, 15) is 5.11 Å². The highest BCUT2D eigenvalue weighted by molar-refractivity contribution is 5.95. The standard InChI is InChI=1S/C14H16O3/c1-3-8-17-12-9-13(16-2)14(15)11-7-5-4-6-10(11)12/h4-7,9,15H,3,8H2,1-2H3. The molecule has 0 atom stereocenters. The topological polar surface area (TPSA) is 38.7 Å². The van der Waals surface area contributed by atoms with Gasteiger partial charge in [0.25, 0.3) is 0 Å². The summed E-state index contributed by atoms with van der Waals surface area (Å²) in [5.74, 6) is 1.35. The molecule has 3 nitrogen and oxygen atoms in total. The molecule has 0 heterocycles. The molecular weight excluding hydrogens is 216 g/mol.